The second-order valence-electron chi connectivity index (χ2n) is 8.36. The molecule has 0 unspecified atom stereocenters. The molecule has 0 aromatic heterocycles. The van der Waals surface area contributed by atoms with E-state index in [1.54, 1.807) is 0 Å². The number of ether oxygens (including phenoxy) is 3. The first-order chi connectivity index (χ1) is 14.9. The molecule has 4 atom stereocenters. The lowest BCUT2D eigenvalue weighted by Gasteiger charge is -2.35. The average molecular weight is 433 g/mol. The zero-order valence-corrected chi connectivity index (χ0v) is 18.8. The normalized spacial score (nSPS) is 22.0. The van der Waals surface area contributed by atoms with Gasteiger partial charge in [-0.05, 0) is 24.8 Å². The summed E-state index contributed by atoms with van der Waals surface area (Å²) in [6, 6.07) is 9.96. The van der Waals surface area contributed by atoms with Crippen molar-refractivity contribution in [3.8, 4) is 0 Å². The van der Waals surface area contributed by atoms with Gasteiger partial charge in [0.1, 0.15) is 5.78 Å². The number of aliphatic hydroxyl groups is 1. The Morgan fingerprint density at radius 2 is 1.84 bits per heavy atom. The molecule has 0 radical (unpaired) electrons. The number of hydrogen-bond donors (Lipinski definition) is 1. The molecule has 6 heteroatoms. The van der Waals surface area contributed by atoms with E-state index < -0.39 is 6.10 Å². The van der Waals surface area contributed by atoms with Gasteiger partial charge >= 0.3 is 5.97 Å². The minimum atomic E-state index is -0.717. The van der Waals surface area contributed by atoms with Gasteiger partial charge in [-0.2, -0.15) is 0 Å². The highest BCUT2D eigenvalue weighted by Gasteiger charge is 2.32. The van der Waals surface area contributed by atoms with Crippen LogP contribution in [-0.2, 0) is 30.4 Å². The Bertz CT molecular complexity index is 701. The maximum atomic E-state index is 11.8. The average Bonchev–Trinajstić information content (AvgIpc) is 2.72. The number of Topliss-reactive ketones (excluding diaryl/α,β-unsaturated/α-hetero) is 1. The van der Waals surface area contributed by atoms with Crippen molar-refractivity contribution in [2.75, 3.05) is 7.11 Å². The molecule has 1 heterocycles. The quantitative estimate of drug-likeness (QED) is 0.373. The molecule has 0 spiro atoms. The smallest absolute Gasteiger partial charge is 0.308 e. The van der Waals surface area contributed by atoms with Crippen LogP contribution < -0.4 is 0 Å². The second kappa shape index (κ2) is 13.4. The van der Waals surface area contributed by atoms with Gasteiger partial charge in [-0.3, -0.25) is 9.59 Å². The number of carbonyl (C=O) groups is 2. The van der Waals surface area contributed by atoms with E-state index in [-0.39, 0.29) is 42.9 Å². The van der Waals surface area contributed by atoms with Crippen molar-refractivity contribution in [3.63, 3.8) is 0 Å². The van der Waals surface area contributed by atoms with Crippen molar-refractivity contribution in [2.24, 2.45) is 0 Å². The molecule has 6 nitrogen and oxygen atoms in total. The predicted octanol–water partition coefficient (Wildman–Crippen LogP) is 4.14. The fraction of sp³-hybridized carbons (Fsp3) is 0.600. The molecule has 1 saturated heterocycles. The van der Waals surface area contributed by atoms with Crippen LogP contribution >= 0.6 is 0 Å². The van der Waals surface area contributed by atoms with Crippen LogP contribution in [0.25, 0.3) is 0 Å². The standard InChI is InChI=1S/C25H36O6/c1-4-8-20(26)13-21(27)11-18(2)12-23-14-22(15-24(31-23)16-25(28)29-3)30-17-19-9-6-5-7-10-19/h5-7,9-10,21-24,27H,2,4,8,11-17H2,1,3H3/t21-,22+,23-,24-/m1/s1. The summed E-state index contributed by atoms with van der Waals surface area (Å²) >= 11 is 0. The number of benzene rings is 1. The molecule has 0 aliphatic carbocycles. The van der Waals surface area contributed by atoms with Crippen LogP contribution in [0.3, 0.4) is 0 Å². The maximum absolute atomic E-state index is 11.8. The third kappa shape index (κ3) is 9.76. The Kier molecular flexibility index (Phi) is 10.9. The summed E-state index contributed by atoms with van der Waals surface area (Å²) < 4.78 is 17.1. The third-order valence-electron chi connectivity index (χ3n) is 5.42. The van der Waals surface area contributed by atoms with Crippen molar-refractivity contribution >= 4 is 11.8 Å². The van der Waals surface area contributed by atoms with Gasteiger partial charge in [-0.1, -0.05) is 49.4 Å². The van der Waals surface area contributed by atoms with E-state index in [0.717, 1.165) is 17.6 Å². The third-order valence-corrected chi connectivity index (χ3v) is 5.42. The van der Waals surface area contributed by atoms with E-state index in [9.17, 15) is 14.7 Å². The van der Waals surface area contributed by atoms with Gasteiger partial charge in [0.25, 0.3) is 0 Å². The molecular weight excluding hydrogens is 396 g/mol. The highest BCUT2D eigenvalue weighted by molar-refractivity contribution is 5.78. The topological polar surface area (TPSA) is 82.1 Å². The van der Waals surface area contributed by atoms with Gasteiger partial charge in [0, 0.05) is 25.7 Å². The van der Waals surface area contributed by atoms with Crippen molar-refractivity contribution in [3.05, 3.63) is 48.0 Å². The molecule has 1 N–H and O–H groups in total. The van der Waals surface area contributed by atoms with Crippen LogP contribution in [0, 0.1) is 0 Å². The van der Waals surface area contributed by atoms with E-state index in [1.165, 1.54) is 7.11 Å². The number of aliphatic hydroxyl groups excluding tert-OH is 1. The summed E-state index contributed by atoms with van der Waals surface area (Å²) in [7, 11) is 1.37. The van der Waals surface area contributed by atoms with Crippen molar-refractivity contribution in [1.29, 1.82) is 0 Å². The molecule has 1 aliphatic heterocycles. The molecule has 0 amide bonds. The Balaban J connectivity index is 1.90. The largest absolute Gasteiger partial charge is 0.469 e. The number of carbonyl (C=O) groups excluding carboxylic acids is 2. The summed E-state index contributed by atoms with van der Waals surface area (Å²) in [5.41, 5.74) is 1.93. The second-order valence-corrected chi connectivity index (χ2v) is 8.36. The first kappa shape index (κ1) is 25.2. The minimum Gasteiger partial charge on any atom is -0.469 e. The monoisotopic (exact) mass is 432 g/mol. The number of rotatable bonds is 13. The van der Waals surface area contributed by atoms with Crippen LogP contribution in [0.5, 0.6) is 0 Å². The molecule has 0 saturated carbocycles. The van der Waals surface area contributed by atoms with Gasteiger partial charge in [-0.25, -0.2) is 0 Å². The molecule has 1 aromatic rings. The fourth-order valence-corrected chi connectivity index (χ4v) is 3.98. The van der Waals surface area contributed by atoms with Crippen molar-refractivity contribution < 1.29 is 28.9 Å². The lowest BCUT2D eigenvalue weighted by atomic mass is 9.93. The Morgan fingerprint density at radius 1 is 1.16 bits per heavy atom. The SMILES string of the molecule is C=C(C[C@@H](O)CC(=O)CCC)C[C@@H]1C[C@H](OCc2ccccc2)C[C@H](CC(=O)OC)O1. The van der Waals surface area contributed by atoms with Gasteiger partial charge < -0.3 is 19.3 Å². The van der Waals surface area contributed by atoms with Crippen LogP contribution in [0.15, 0.2) is 42.5 Å². The van der Waals surface area contributed by atoms with Crippen LogP contribution in [0.1, 0.15) is 63.9 Å². The zero-order valence-electron chi connectivity index (χ0n) is 18.8. The Labute approximate surface area is 185 Å². The zero-order chi connectivity index (χ0) is 22.6. The molecule has 1 aliphatic rings. The molecule has 0 bridgehead atoms. The predicted molar refractivity (Wildman–Crippen MR) is 118 cm³/mol. The van der Waals surface area contributed by atoms with Crippen LogP contribution in [-0.4, -0.2) is 48.4 Å². The first-order valence-corrected chi connectivity index (χ1v) is 11.1. The van der Waals surface area contributed by atoms with Gasteiger partial charge in [0.15, 0.2) is 0 Å². The van der Waals surface area contributed by atoms with Gasteiger partial charge in [0.05, 0.1) is 44.6 Å². The molecule has 2 rings (SSSR count). The molecule has 31 heavy (non-hydrogen) atoms. The van der Waals surface area contributed by atoms with Gasteiger partial charge in [-0.15, -0.1) is 0 Å². The van der Waals surface area contributed by atoms with E-state index in [2.05, 4.69) is 6.58 Å². The molecule has 1 fully saturated rings. The van der Waals surface area contributed by atoms with Crippen LogP contribution in [0.4, 0.5) is 0 Å². The Hall–Kier alpha value is -2.02. The highest BCUT2D eigenvalue weighted by Crippen LogP contribution is 2.29. The van der Waals surface area contributed by atoms with E-state index >= 15 is 0 Å². The number of methoxy groups -OCH3 is 1. The van der Waals surface area contributed by atoms with E-state index in [0.29, 0.717) is 38.7 Å². The lowest BCUT2D eigenvalue weighted by molar-refractivity contribution is -0.153. The van der Waals surface area contributed by atoms with Crippen molar-refractivity contribution in [2.45, 2.75) is 89.3 Å². The minimum absolute atomic E-state index is 0.0440. The lowest BCUT2D eigenvalue weighted by Crippen LogP contribution is -2.38. The van der Waals surface area contributed by atoms with Crippen LogP contribution in [0.2, 0.25) is 0 Å². The molecule has 172 valence electrons. The number of ketones is 1. The summed E-state index contributed by atoms with van der Waals surface area (Å²) in [6.45, 7) is 6.53. The summed E-state index contributed by atoms with van der Waals surface area (Å²) in [5, 5.41) is 10.2. The van der Waals surface area contributed by atoms with E-state index in [1.807, 2.05) is 37.3 Å². The molecule has 1 aromatic carbocycles. The maximum Gasteiger partial charge on any atom is 0.308 e. The fourth-order valence-electron chi connectivity index (χ4n) is 3.98. The van der Waals surface area contributed by atoms with E-state index in [4.69, 9.17) is 14.2 Å². The summed E-state index contributed by atoms with van der Waals surface area (Å²) in [4.78, 5) is 23.5. The molecular formula is C25H36O6. The highest BCUT2D eigenvalue weighted by atomic mass is 16.5. The number of hydrogen-bond acceptors (Lipinski definition) is 6. The number of esters is 1. The Morgan fingerprint density at radius 3 is 2.48 bits per heavy atom. The first-order valence-electron chi connectivity index (χ1n) is 11.1. The van der Waals surface area contributed by atoms with Crippen molar-refractivity contribution in [1.82, 2.24) is 0 Å². The summed E-state index contributed by atoms with van der Waals surface area (Å²) in [6.07, 6.45) is 2.65. The summed E-state index contributed by atoms with van der Waals surface area (Å²) in [5.74, 6) is -0.236. The van der Waals surface area contributed by atoms with Gasteiger partial charge in [0.2, 0.25) is 0 Å².